The molecule has 348 valence electrons. The minimum atomic E-state index is -0.943. The molecule has 5 heterocycles. The predicted octanol–water partition coefficient (Wildman–Crippen LogP) is 9.83. The van der Waals surface area contributed by atoms with Gasteiger partial charge in [0, 0.05) is 43.8 Å². The number of aliphatic hydroxyl groups excluding tert-OH is 1. The molecule has 0 fully saturated rings. The molecule has 0 amide bonds. The summed E-state index contributed by atoms with van der Waals surface area (Å²) in [7, 11) is 0. The molecule has 0 atom stereocenters. The average Bonchev–Trinajstić information content (AvgIpc) is 4.07. The summed E-state index contributed by atoms with van der Waals surface area (Å²) in [5, 5.41) is 47.9. The Balaban J connectivity index is 1.16. The van der Waals surface area contributed by atoms with Crippen molar-refractivity contribution in [3.8, 4) is 45.6 Å². The highest BCUT2D eigenvalue weighted by Gasteiger charge is 2.25. The fraction of sp³-hybridized carbons (Fsp3) is 0.0893. The highest BCUT2D eigenvalue weighted by atomic mass is 16.6. The van der Waals surface area contributed by atoms with Crippen LogP contribution in [0.3, 0.4) is 0 Å². The first kappa shape index (κ1) is 42.6. The number of nitrogens with one attached hydrogen (secondary N) is 2. The van der Waals surface area contributed by atoms with Gasteiger partial charge in [0.1, 0.15) is 29.4 Å². The quantitative estimate of drug-likeness (QED) is 0.0737. The third-order valence-electron chi connectivity index (χ3n) is 13.3. The molecule has 0 unspecified atom stereocenters. The zero-order valence-electron chi connectivity index (χ0n) is 37.7. The van der Waals surface area contributed by atoms with Crippen molar-refractivity contribution in [3.05, 3.63) is 144 Å². The normalized spacial score (nSPS) is 12.1. The number of ether oxygens (including phenoxy) is 1. The molecule has 6 N–H and O–H groups in total. The van der Waals surface area contributed by atoms with Crippen LogP contribution in [0.4, 0.5) is 0 Å². The summed E-state index contributed by atoms with van der Waals surface area (Å²) in [5.74, 6) is -1.40. The van der Waals surface area contributed by atoms with Crippen molar-refractivity contribution in [1.29, 1.82) is 0 Å². The Bertz CT molecular complexity index is 4400. The third kappa shape index (κ3) is 7.37. The minimum Gasteiger partial charge on any atom is -0.481 e. The molecule has 0 saturated heterocycles. The number of carboxylic acids is 3. The van der Waals surface area contributed by atoms with E-state index in [4.69, 9.17) is 34.6 Å². The number of aliphatic hydroxyl groups is 1. The molecule has 2 aliphatic heterocycles. The van der Waals surface area contributed by atoms with E-state index in [-0.39, 0.29) is 25.9 Å². The number of aromatic nitrogens is 8. The van der Waals surface area contributed by atoms with Gasteiger partial charge in [-0.2, -0.15) is 0 Å². The van der Waals surface area contributed by atoms with Crippen molar-refractivity contribution >= 4 is 105 Å². The van der Waals surface area contributed by atoms with E-state index in [1.807, 2.05) is 103 Å². The lowest BCUT2D eigenvalue weighted by Gasteiger charge is -2.06. The van der Waals surface area contributed by atoms with Crippen LogP contribution in [-0.2, 0) is 45.0 Å². The minimum absolute atomic E-state index is 0.145. The second kappa shape index (κ2) is 16.3. The summed E-state index contributed by atoms with van der Waals surface area (Å²) in [6.45, 7) is -0.196. The van der Waals surface area contributed by atoms with E-state index in [1.54, 1.807) is 18.2 Å². The van der Waals surface area contributed by atoms with E-state index in [2.05, 4.69) is 9.97 Å². The Morgan fingerprint density at radius 1 is 0.375 bits per heavy atom. The van der Waals surface area contributed by atoms with Crippen LogP contribution >= 0.6 is 0 Å². The van der Waals surface area contributed by atoms with Gasteiger partial charge in [-0.1, -0.05) is 66.7 Å². The summed E-state index contributed by atoms with van der Waals surface area (Å²) >= 11 is 0. The van der Waals surface area contributed by atoms with E-state index in [1.165, 1.54) is 0 Å². The molecule has 16 nitrogen and oxygen atoms in total. The molecule has 0 saturated carbocycles. The van der Waals surface area contributed by atoms with Crippen molar-refractivity contribution in [2.24, 2.45) is 0 Å². The summed E-state index contributed by atoms with van der Waals surface area (Å²) in [5.41, 5.74) is 7.31. The number of carboxylic acid groups (broad SMARTS) is 3. The predicted molar refractivity (Wildman–Crippen MR) is 272 cm³/mol. The van der Waals surface area contributed by atoms with Gasteiger partial charge in [-0.15, -0.1) is 0 Å². The number of aromatic amines is 2. The van der Waals surface area contributed by atoms with Crippen LogP contribution < -0.4 is 0 Å². The lowest BCUT2D eigenvalue weighted by Crippen LogP contribution is -1.99. The number of aliphatic carboxylic acids is 3. The van der Waals surface area contributed by atoms with Crippen LogP contribution in [0.2, 0.25) is 0 Å². The summed E-state index contributed by atoms with van der Waals surface area (Å²) in [4.78, 5) is 73.7. The van der Waals surface area contributed by atoms with Crippen LogP contribution in [0, 0.1) is 0 Å². The van der Waals surface area contributed by atoms with Gasteiger partial charge in [0.2, 0.25) is 0 Å². The number of hydrogen-bond donors (Lipinski definition) is 6. The summed E-state index contributed by atoms with van der Waals surface area (Å²) in [6, 6.07) is 38.4. The summed E-state index contributed by atoms with van der Waals surface area (Å²) < 4.78 is 5.33. The molecule has 3 aromatic heterocycles. The molecular weight excluding hydrogens is 913 g/mol. The van der Waals surface area contributed by atoms with Crippen molar-refractivity contribution < 1.29 is 39.5 Å². The lowest BCUT2D eigenvalue weighted by molar-refractivity contribution is -0.137. The second-order valence-electron chi connectivity index (χ2n) is 18.1. The number of nitrogens with zero attached hydrogens (tertiary/aromatic N) is 6. The smallest absolute Gasteiger partial charge is 0.307 e. The second-order valence-corrected chi connectivity index (χ2v) is 18.1. The van der Waals surface area contributed by atoms with Crippen LogP contribution in [0.1, 0.15) is 22.3 Å². The SMILES string of the molecule is O=C(O)Cc1ccc2cc3c(cc2c1)-c1nc-3nc2[nH]c(nc3nc(nc4[nH]c(n1)c1cc5ccc(COCO)cc5cc41)-c1cc4ccc(CC(=O)O)cc4cc1-3)c1cc3ccc(CC(=O)O)cc3cc21. The van der Waals surface area contributed by atoms with Crippen molar-refractivity contribution in [1.82, 2.24) is 39.9 Å². The number of H-pyrrole nitrogens is 2. The fourth-order valence-corrected chi connectivity index (χ4v) is 10.1. The number of rotatable bonds is 9. The van der Waals surface area contributed by atoms with Crippen LogP contribution in [-0.4, -0.2) is 85.0 Å². The molecule has 72 heavy (non-hydrogen) atoms. The maximum atomic E-state index is 11.8. The maximum absolute atomic E-state index is 11.8. The van der Waals surface area contributed by atoms with E-state index in [0.29, 0.717) is 95.6 Å². The first-order valence-electron chi connectivity index (χ1n) is 22.9. The maximum Gasteiger partial charge on any atom is 0.307 e. The fourth-order valence-electron chi connectivity index (χ4n) is 10.1. The first-order valence-corrected chi connectivity index (χ1v) is 22.9. The van der Waals surface area contributed by atoms with Crippen molar-refractivity contribution in [3.63, 3.8) is 0 Å². The van der Waals surface area contributed by atoms with Crippen molar-refractivity contribution in [2.75, 3.05) is 6.79 Å². The van der Waals surface area contributed by atoms with Gasteiger partial charge in [0.05, 0.1) is 25.9 Å². The third-order valence-corrected chi connectivity index (χ3v) is 13.3. The molecular formula is C56H36N8O8. The zero-order valence-corrected chi connectivity index (χ0v) is 37.7. The Kier molecular flexibility index (Phi) is 9.64. The molecule has 0 aliphatic carbocycles. The van der Waals surface area contributed by atoms with Gasteiger partial charge < -0.3 is 35.1 Å². The number of carbonyl (C=O) groups is 3. The molecule has 0 radical (unpaired) electrons. The van der Waals surface area contributed by atoms with Crippen molar-refractivity contribution in [2.45, 2.75) is 25.9 Å². The standard InChI is InChI=1S/C56H36N8O8/c65-25-72-24-29-4-8-33-19-41-45(23-37(33)12-29)56-63-51-40-18-32-7-3-28(15-48(70)71)11-36(32)22-44(40)54(61-51)59-49-38-16-30-5-1-26(13-46(66)67)9-34(30)20-42(38)53(57-49)58-50-39-17-31-6-2-27(14-47(68)69)10-35(31)21-43(39)55(60-50)62-52(41)64-56/h1-12,16-23,65H,13-15,24-25H2,(H,66,67)(H,68,69)(H,70,71)(H2,57,58,59,60,61,62,63,64). The number of fused-ring (bicyclic) bond motifs is 24. The van der Waals surface area contributed by atoms with Crippen LogP contribution in [0.5, 0.6) is 0 Å². The van der Waals surface area contributed by atoms with E-state index < -0.39 is 24.7 Å². The Morgan fingerprint density at radius 3 is 1.01 bits per heavy atom. The Hall–Kier alpha value is -9.51. The molecule has 0 spiro atoms. The molecule has 13 rings (SSSR count). The molecule has 8 aromatic carbocycles. The van der Waals surface area contributed by atoms with Gasteiger partial charge in [-0.3, -0.25) is 14.4 Å². The molecule has 8 bridgehead atoms. The van der Waals surface area contributed by atoms with Crippen LogP contribution in [0.25, 0.3) is 133 Å². The Morgan fingerprint density at radius 2 is 0.667 bits per heavy atom. The average molecular weight is 949 g/mol. The number of benzene rings is 8. The van der Waals surface area contributed by atoms with Crippen LogP contribution in [0.15, 0.2) is 121 Å². The monoisotopic (exact) mass is 948 g/mol. The summed E-state index contributed by atoms with van der Waals surface area (Å²) in [6.07, 6.45) is -0.436. The van der Waals surface area contributed by atoms with Gasteiger partial charge in [-0.05, 0) is 120 Å². The van der Waals surface area contributed by atoms with Gasteiger partial charge in [-0.25, -0.2) is 29.9 Å². The molecule has 16 heteroatoms. The lowest BCUT2D eigenvalue weighted by atomic mass is 9.99. The zero-order chi connectivity index (χ0) is 48.9. The Labute approximate surface area is 405 Å². The first-order chi connectivity index (χ1) is 35.0. The highest BCUT2D eigenvalue weighted by molar-refractivity contribution is 6.13. The van der Waals surface area contributed by atoms with E-state index in [9.17, 15) is 34.8 Å². The van der Waals surface area contributed by atoms with E-state index in [0.717, 1.165) is 59.4 Å². The number of hydrogen-bond acceptors (Lipinski definition) is 11. The topological polar surface area (TPSA) is 250 Å². The van der Waals surface area contributed by atoms with Gasteiger partial charge in [0.15, 0.2) is 23.3 Å². The highest BCUT2D eigenvalue weighted by Crippen LogP contribution is 2.41. The van der Waals surface area contributed by atoms with E-state index >= 15 is 0 Å². The van der Waals surface area contributed by atoms with Gasteiger partial charge >= 0.3 is 17.9 Å². The van der Waals surface area contributed by atoms with Gasteiger partial charge in [0.25, 0.3) is 0 Å². The largest absolute Gasteiger partial charge is 0.481 e. The molecule has 11 aromatic rings. The molecule has 2 aliphatic rings.